The van der Waals surface area contributed by atoms with Crippen molar-refractivity contribution in [3.05, 3.63) is 12.8 Å². The highest BCUT2D eigenvalue weighted by molar-refractivity contribution is 5.71. The summed E-state index contributed by atoms with van der Waals surface area (Å²) in [6.07, 6.45) is 1.15. The molecule has 0 saturated heterocycles. The maximum Gasteiger partial charge on any atom is 0.366 e. The van der Waals surface area contributed by atoms with Gasteiger partial charge in [-0.05, 0) is 0 Å². The average Bonchev–Trinajstić information content (AvgIpc) is 1.59. The Kier molecular flexibility index (Phi) is 6.41. The summed E-state index contributed by atoms with van der Waals surface area (Å²) in [6.45, 7) is 3.65. The van der Waals surface area contributed by atoms with E-state index in [0.717, 1.165) is 6.26 Å². The summed E-state index contributed by atoms with van der Waals surface area (Å²) in [7, 11) is 5.76. The minimum absolute atomic E-state index is 0. The maximum absolute atomic E-state index is 10.7. The van der Waals surface area contributed by atoms with Gasteiger partial charge in [-0.15, -0.1) is 0 Å². The molecule has 0 aromatic rings. The molecule has 0 spiro atoms. The van der Waals surface area contributed by atoms with Crippen LogP contribution in [-0.4, -0.2) is 38.1 Å². The normalized spacial score (nSPS) is 9.73. The largest absolute Gasteiger partial charge is 1.00 e. The number of ether oxygens (including phenoxy) is 1. The molecule has 0 aliphatic heterocycles. The number of esters is 1. The van der Waals surface area contributed by atoms with Crippen LogP contribution in [0, 0.1) is 0 Å². The van der Waals surface area contributed by atoms with E-state index in [1.807, 2.05) is 21.1 Å². The molecule has 0 bridgehead atoms. The van der Waals surface area contributed by atoms with Gasteiger partial charge >= 0.3 is 5.97 Å². The summed E-state index contributed by atoms with van der Waals surface area (Å²) in [6, 6.07) is 0. The number of quaternary nitrogens is 1. The first-order valence-corrected chi connectivity index (χ1v) is 3.06. The van der Waals surface area contributed by atoms with E-state index in [9.17, 15) is 4.79 Å². The predicted molar refractivity (Wildman–Crippen MR) is 39.2 cm³/mol. The topological polar surface area (TPSA) is 26.3 Å². The Bertz CT molecular complexity index is 140. The Hall–Kier alpha value is -0.350. The Morgan fingerprint density at radius 1 is 1.55 bits per heavy atom. The second kappa shape index (κ2) is 5.32. The van der Waals surface area contributed by atoms with Gasteiger partial charge in [-0.25, -0.2) is 4.79 Å². The molecule has 0 rings (SSSR count). The molecule has 0 heterocycles. The molecule has 0 aliphatic carbocycles. The van der Waals surface area contributed by atoms with Crippen molar-refractivity contribution < 1.29 is 31.0 Å². The lowest BCUT2D eigenvalue weighted by Crippen LogP contribution is -3.00. The van der Waals surface area contributed by atoms with Crippen LogP contribution in [0.3, 0.4) is 0 Å². The van der Waals surface area contributed by atoms with Crippen molar-refractivity contribution in [2.75, 3.05) is 27.7 Å². The average molecular weight is 224 g/mol. The fraction of sp³-hybridized carbons (Fsp3) is 0.571. The smallest absolute Gasteiger partial charge is 0.366 e. The summed E-state index contributed by atoms with van der Waals surface area (Å²) >= 11 is 0. The Balaban J connectivity index is 0. The van der Waals surface area contributed by atoms with Crippen LogP contribution in [0.5, 0.6) is 0 Å². The molecule has 0 unspecified atom stereocenters. The number of hydrogen-bond acceptors (Lipinski definition) is 2. The zero-order valence-electron chi connectivity index (χ0n) is 7.13. The molecule has 0 aromatic heterocycles. The first kappa shape index (κ1) is 13.3. The molecule has 0 atom stereocenters. The van der Waals surface area contributed by atoms with Gasteiger partial charge in [0.1, 0.15) is 0 Å². The maximum atomic E-state index is 10.7. The van der Waals surface area contributed by atoms with Crippen LogP contribution < -0.4 is 17.0 Å². The predicted octanol–water partition coefficient (Wildman–Crippen LogP) is -2.62. The van der Waals surface area contributed by atoms with E-state index in [0.29, 0.717) is 11.0 Å². The van der Waals surface area contributed by atoms with Crippen LogP contribution in [0.2, 0.25) is 0 Å². The third kappa shape index (κ3) is 9.65. The first-order chi connectivity index (χ1) is 4.45. The summed E-state index contributed by atoms with van der Waals surface area (Å²) in [4.78, 5) is 10.7. The molecule has 0 amide bonds. The second-order valence-electron chi connectivity index (χ2n) is 3.10. The Labute approximate surface area is 78.0 Å². The Morgan fingerprint density at radius 2 is 2.00 bits per heavy atom. The quantitative estimate of drug-likeness (QED) is 0.298. The van der Waals surface area contributed by atoms with E-state index in [2.05, 4.69) is 11.3 Å². The van der Waals surface area contributed by atoms with Gasteiger partial charge in [-0.2, -0.15) is 0 Å². The highest BCUT2D eigenvalue weighted by Gasteiger charge is 2.13. The highest BCUT2D eigenvalue weighted by atomic mass is 79.9. The van der Waals surface area contributed by atoms with Crippen molar-refractivity contribution in [2.24, 2.45) is 0 Å². The molecule has 0 aliphatic rings. The lowest BCUT2D eigenvalue weighted by Gasteiger charge is -2.21. The Morgan fingerprint density at radius 3 is 2.27 bits per heavy atom. The molecule has 0 saturated carbocycles. The lowest BCUT2D eigenvalue weighted by atomic mass is 10.5. The van der Waals surface area contributed by atoms with Crippen LogP contribution in [0.4, 0.5) is 0 Å². The number of carbonyl (C=O) groups excluding carboxylic acids is 1. The van der Waals surface area contributed by atoms with Gasteiger partial charge in [-0.3, -0.25) is 0 Å². The number of likely N-dealkylation sites (N-methyl/N-ethyl adjacent to an activating group) is 1. The van der Waals surface area contributed by atoms with E-state index >= 15 is 0 Å². The molecular weight excluding hydrogens is 210 g/mol. The van der Waals surface area contributed by atoms with Gasteiger partial charge < -0.3 is 26.2 Å². The van der Waals surface area contributed by atoms with Crippen LogP contribution in [-0.2, 0) is 9.53 Å². The molecule has 66 valence electrons. The van der Waals surface area contributed by atoms with Crippen LogP contribution in [0.15, 0.2) is 12.8 Å². The number of carbonyl (C=O) groups is 1. The first-order valence-electron chi connectivity index (χ1n) is 3.06. The van der Waals surface area contributed by atoms with E-state index < -0.39 is 0 Å². The van der Waals surface area contributed by atoms with Gasteiger partial charge in [0, 0.05) is 0 Å². The van der Waals surface area contributed by atoms with Crippen LogP contribution >= 0.6 is 0 Å². The van der Waals surface area contributed by atoms with Crippen molar-refractivity contribution in [1.82, 2.24) is 0 Å². The van der Waals surface area contributed by atoms with Gasteiger partial charge in [0.05, 0.1) is 27.4 Å². The van der Waals surface area contributed by atoms with Gasteiger partial charge in [0.15, 0.2) is 6.54 Å². The van der Waals surface area contributed by atoms with Gasteiger partial charge in [0.2, 0.25) is 0 Å². The summed E-state index contributed by atoms with van der Waals surface area (Å²) < 4.78 is 5.10. The molecule has 0 fully saturated rings. The molecule has 0 N–H and O–H groups in total. The standard InChI is InChI=1S/C7H14NO2.BrH/c1-5-10-7(9)6-8(2,3)4;/h5H,1,6H2,2-4H3;1H/q+1;/p-1. The zero-order chi connectivity index (χ0) is 8.20. The van der Waals surface area contributed by atoms with Crippen molar-refractivity contribution >= 4 is 5.97 Å². The number of rotatable bonds is 3. The second-order valence-corrected chi connectivity index (χ2v) is 3.10. The SMILES string of the molecule is C=COC(=O)C[N+](C)(C)C.[Br-]. The van der Waals surface area contributed by atoms with Crippen molar-refractivity contribution in [3.8, 4) is 0 Å². The number of nitrogens with zero attached hydrogens (tertiary/aromatic N) is 1. The van der Waals surface area contributed by atoms with E-state index in [4.69, 9.17) is 0 Å². The van der Waals surface area contributed by atoms with Crippen molar-refractivity contribution in [3.63, 3.8) is 0 Å². The van der Waals surface area contributed by atoms with Crippen LogP contribution in [0.25, 0.3) is 0 Å². The third-order valence-corrected chi connectivity index (χ3v) is 0.818. The monoisotopic (exact) mass is 223 g/mol. The summed E-state index contributed by atoms with van der Waals surface area (Å²) in [5.74, 6) is -0.248. The van der Waals surface area contributed by atoms with Crippen molar-refractivity contribution in [2.45, 2.75) is 0 Å². The lowest BCUT2D eigenvalue weighted by molar-refractivity contribution is -0.862. The molecule has 3 nitrogen and oxygen atoms in total. The molecular formula is C7H14BrNO2. The minimum atomic E-state index is -0.248. The van der Waals surface area contributed by atoms with E-state index in [-0.39, 0.29) is 23.0 Å². The van der Waals surface area contributed by atoms with Gasteiger partial charge in [0.25, 0.3) is 0 Å². The van der Waals surface area contributed by atoms with Crippen molar-refractivity contribution in [1.29, 1.82) is 0 Å². The number of halogens is 1. The van der Waals surface area contributed by atoms with Gasteiger partial charge in [-0.1, -0.05) is 6.58 Å². The molecule has 4 heteroatoms. The van der Waals surface area contributed by atoms with E-state index in [1.165, 1.54) is 0 Å². The third-order valence-electron chi connectivity index (χ3n) is 0.818. The highest BCUT2D eigenvalue weighted by Crippen LogP contribution is 1.90. The minimum Gasteiger partial charge on any atom is -1.00 e. The summed E-state index contributed by atoms with van der Waals surface area (Å²) in [5.41, 5.74) is 0. The summed E-state index contributed by atoms with van der Waals surface area (Å²) in [5, 5.41) is 0. The molecule has 11 heavy (non-hydrogen) atoms. The molecule has 0 aromatic carbocycles. The fourth-order valence-corrected chi connectivity index (χ4v) is 0.518. The van der Waals surface area contributed by atoms with E-state index in [1.54, 1.807) is 0 Å². The fourth-order valence-electron chi connectivity index (χ4n) is 0.518. The molecule has 0 radical (unpaired) electrons. The zero-order valence-corrected chi connectivity index (χ0v) is 8.72. The van der Waals surface area contributed by atoms with Crippen LogP contribution in [0.1, 0.15) is 0 Å². The number of hydrogen-bond donors (Lipinski definition) is 0.